The number of hydrogen-bond acceptors (Lipinski definition) is 2. The molecule has 1 rings (SSSR count). The molecule has 1 aliphatic heterocycles. The molecule has 1 N–H and O–H groups in total. The quantitative estimate of drug-likeness (QED) is 0.703. The van der Waals surface area contributed by atoms with Crippen molar-refractivity contribution < 1.29 is 4.74 Å². The molecule has 0 aromatic heterocycles. The minimum atomic E-state index is 0.254. The molecule has 1 aliphatic rings. The molecule has 2 atom stereocenters. The molecular weight excluding hydrogens is 174 g/mol. The molecule has 1 heterocycles. The summed E-state index contributed by atoms with van der Waals surface area (Å²) in [5.41, 5.74) is 0.254. The molecule has 14 heavy (non-hydrogen) atoms. The zero-order chi connectivity index (χ0) is 10.6. The molecule has 1 fully saturated rings. The maximum atomic E-state index is 5.77. The Balaban J connectivity index is 1.99. The van der Waals surface area contributed by atoms with E-state index in [4.69, 9.17) is 4.74 Å². The van der Waals surface area contributed by atoms with E-state index in [1.54, 1.807) is 0 Å². The van der Waals surface area contributed by atoms with Crippen molar-refractivity contribution in [2.24, 2.45) is 0 Å². The van der Waals surface area contributed by atoms with Crippen LogP contribution in [0.25, 0.3) is 0 Å². The topological polar surface area (TPSA) is 21.3 Å². The van der Waals surface area contributed by atoms with Gasteiger partial charge in [-0.25, -0.2) is 0 Å². The van der Waals surface area contributed by atoms with Crippen LogP contribution in [0.4, 0.5) is 0 Å². The first-order valence-electron chi connectivity index (χ1n) is 5.88. The van der Waals surface area contributed by atoms with E-state index in [0.29, 0.717) is 12.2 Å². The molecule has 0 bridgehead atoms. The standard InChI is InChI=1S/C12H25NO/c1-10-7-8-11(14-10)6-5-9-13-12(2,3)4/h10-11,13H,5-9H2,1-4H3. The molecule has 0 aromatic rings. The van der Waals surface area contributed by atoms with E-state index in [-0.39, 0.29) is 5.54 Å². The summed E-state index contributed by atoms with van der Waals surface area (Å²) in [5.74, 6) is 0. The lowest BCUT2D eigenvalue weighted by molar-refractivity contribution is 0.0496. The van der Waals surface area contributed by atoms with Gasteiger partial charge in [0.05, 0.1) is 12.2 Å². The van der Waals surface area contributed by atoms with Crippen molar-refractivity contribution in [2.45, 2.75) is 71.1 Å². The second-order valence-electron chi connectivity index (χ2n) is 5.47. The summed E-state index contributed by atoms with van der Waals surface area (Å²) in [6.45, 7) is 9.91. The van der Waals surface area contributed by atoms with E-state index in [0.717, 1.165) is 6.54 Å². The summed E-state index contributed by atoms with van der Waals surface area (Å²) in [6, 6.07) is 0. The summed E-state index contributed by atoms with van der Waals surface area (Å²) in [4.78, 5) is 0. The van der Waals surface area contributed by atoms with Gasteiger partial charge in [0.1, 0.15) is 0 Å². The summed E-state index contributed by atoms with van der Waals surface area (Å²) in [6.07, 6.45) is 5.98. The predicted octanol–water partition coefficient (Wildman–Crippen LogP) is 2.72. The molecular formula is C12H25NO. The highest BCUT2D eigenvalue weighted by molar-refractivity contribution is 4.73. The van der Waals surface area contributed by atoms with Crippen molar-refractivity contribution in [1.82, 2.24) is 5.32 Å². The second kappa shape index (κ2) is 5.13. The second-order valence-corrected chi connectivity index (χ2v) is 5.47. The Bertz CT molecular complexity index is 162. The van der Waals surface area contributed by atoms with Gasteiger partial charge in [0.2, 0.25) is 0 Å². The van der Waals surface area contributed by atoms with Gasteiger partial charge in [-0.05, 0) is 59.9 Å². The molecule has 2 unspecified atom stereocenters. The van der Waals surface area contributed by atoms with Crippen LogP contribution < -0.4 is 5.32 Å². The fourth-order valence-electron chi connectivity index (χ4n) is 1.89. The molecule has 0 aromatic carbocycles. The Morgan fingerprint density at radius 2 is 2.00 bits per heavy atom. The van der Waals surface area contributed by atoms with Gasteiger partial charge >= 0.3 is 0 Å². The van der Waals surface area contributed by atoms with Crippen LogP contribution in [-0.2, 0) is 4.74 Å². The van der Waals surface area contributed by atoms with Crippen molar-refractivity contribution in [3.8, 4) is 0 Å². The first-order chi connectivity index (χ1) is 6.47. The van der Waals surface area contributed by atoms with Crippen LogP contribution in [0.3, 0.4) is 0 Å². The SMILES string of the molecule is CC1CCC(CCCNC(C)(C)C)O1. The van der Waals surface area contributed by atoms with E-state index in [1.165, 1.54) is 25.7 Å². The van der Waals surface area contributed by atoms with Crippen LogP contribution in [0, 0.1) is 0 Å². The molecule has 0 radical (unpaired) electrons. The van der Waals surface area contributed by atoms with Gasteiger partial charge in [-0.15, -0.1) is 0 Å². The smallest absolute Gasteiger partial charge is 0.0580 e. The maximum Gasteiger partial charge on any atom is 0.0580 e. The Morgan fingerprint density at radius 3 is 2.50 bits per heavy atom. The minimum absolute atomic E-state index is 0.254. The number of nitrogens with one attached hydrogen (secondary N) is 1. The largest absolute Gasteiger partial charge is 0.375 e. The van der Waals surface area contributed by atoms with Crippen LogP contribution in [0.15, 0.2) is 0 Å². The monoisotopic (exact) mass is 199 g/mol. The van der Waals surface area contributed by atoms with E-state index in [1.807, 2.05) is 0 Å². The van der Waals surface area contributed by atoms with Gasteiger partial charge in [0.25, 0.3) is 0 Å². The third-order valence-electron chi connectivity index (χ3n) is 2.68. The normalized spacial score (nSPS) is 28.3. The van der Waals surface area contributed by atoms with Crippen LogP contribution in [0.2, 0.25) is 0 Å². The van der Waals surface area contributed by atoms with Crippen molar-refractivity contribution in [3.05, 3.63) is 0 Å². The average Bonchev–Trinajstić information content (AvgIpc) is 2.44. The highest BCUT2D eigenvalue weighted by atomic mass is 16.5. The Labute approximate surface area is 88.4 Å². The lowest BCUT2D eigenvalue weighted by atomic mass is 10.1. The van der Waals surface area contributed by atoms with E-state index in [9.17, 15) is 0 Å². The lowest BCUT2D eigenvalue weighted by Gasteiger charge is -2.21. The first kappa shape index (κ1) is 12.0. The van der Waals surface area contributed by atoms with Crippen LogP contribution >= 0.6 is 0 Å². The van der Waals surface area contributed by atoms with Gasteiger partial charge in [-0.2, -0.15) is 0 Å². The molecule has 2 nitrogen and oxygen atoms in total. The van der Waals surface area contributed by atoms with Crippen LogP contribution in [-0.4, -0.2) is 24.3 Å². The van der Waals surface area contributed by atoms with Gasteiger partial charge in [0, 0.05) is 5.54 Å². The molecule has 0 aliphatic carbocycles. The van der Waals surface area contributed by atoms with Crippen LogP contribution in [0.1, 0.15) is 53.4 Å². The number of ether oxygens (including phenoxy) is 1. The Morgan fingerprint density at radius 1 is 1.29 bits per heavy atom. The summed E-state index contributed by atoms with van der Waals surface area (Å²) < 4.78 is 5.77. The van der Waals surface area contributed by atoms with E-state index >= 15 is 0 Å². The van der Waals surface area contributed by atoms with Crippen molar-refractivity contribution in [3.63, 3.8) is 0 Å². The Hall–Kier alpha value is -0.0800. The van der Waals surface area contributed by atoms with Gasteiger partial charge in [-0.3, -0.25) is 0 Å². The van der Waals surface area contributed by atoms with Gasteiger partial charge in [-0.1, -0.05) is 0 Å². The molecule has 0 saturated carbocycles. The molecule has 84 valence electrons. The predicted molar refractivity (Wildman–Crippen MR) is 60.6 cm³/mol. The fourth-order valence-corrected chi connectivity index (χ4v) is 1.89. The van der Waals surface area contributed by atoms with Gasteiger partial charge < -0.3 is 10.1 Å². The zero-order valence-electron chi connectivity index (χ0n) is 10.1. The molecule has 1 saturated heterocycles. The maximum absolute atomic E-state index is 5.77. The number of rotatable bonds is 4. The molecule has 0 amide bonds. The highest BCUT2D eigenvalue weighted by Crippen LogP contribution is 2.22. The van der Waals surface area contributed by atoms with Gasteiger partial charge in [0.15, 0.2) is 0 Å². The van der Waals surface area contributed by atoms with Crippen molar-refractivity contribution in [2.75, 3.05) is 6.54 Å². The lowest BCUT2D eigenvalue weighted by Crippen LogP contribution is -2.36. The summed E-state index contributed by atoms with van der Waals surface area (Å²) in [5, 5.41) is 3.50. The molecule has 0 spiro atoms. The first-order valence-corrected chi connectivity index (χ1v) is 5.88. The van der Waals surface area contributed by atoms with E-state index < -0.39 is 0 Å². The average molecular weight is 199 g/mol. The van der Waals surface area contributed by atoms with Crippen LogP contribution in [0.5, 0.6) is 0 Å². The third-order valence-corrected chi connectivity index (χ3v) is 2.68. The van der Waals surface area contributed by atoms with Crippen molar-refractivity contribution >= 4 is 0 Å². The molecule has 2 heteroatoms. The zero-order valence-corrected chi connectivity index (χ0v) is 10.1. The van der Waals surface area contributed by atoms with Crippen molar-refractivity contribution in [1.29, 1.82) is 0 Å². The Kier molecular flexibility index (Phi) is 4.39. The minimum Gasteiger partial charge on any atom is -0.375 e. The van der Waals surface area contributed by atoms with E-state index in [2.05, 4.69) is 33.0 Å². The highest BCUT2D eigenvalue weighted by Gasteiger charge is 2.21. The third kappa shape index (κ3) is 4.97. The number of hydrogen-bond donors (Lipinski definition) is 1. The summed E-state index contributed by atoms with van der Waals surface area (Å²) >= 11 is 0. The fraction of sp³-hybridized carbons (Fsp3) is 1.00. The summed E-state index contributed by atoms with van der Waals surface area (Å²) in [7, 11) is 0.